The fraction of sp³-hybridized carbons (Fsp3) is 0.368. The summed E-state index contributed by atoms with van der Waals surface area (Å²) >= 11 is 0. The highest BCUT2D eigenvalue weighted by Gasteiger charge is 2.20. The Balaban J connectivity index is 1.38. The summed E-state index contributed by atoms with van der Waals surface area (Å²) in [5.74, 6) is 0.913. The van der Waals surface area contributed by atoms with E-state index in [1.165, 1.54) is 17.7 Å². The monoisotopic (exact) mass is 315 g/mol. The highest BCUT2D eigenvalue weighted by molar-refractivity contribution is 5.45. The molecule has 122 valence electrons. The van der Waals surface area contributed by atoms with Crippen LogP contribution in [0.1, 0.15) is 30.4 Å². The number of nitrogens with one attached hydrogen (secondary N) is 1. The van der Waals surface area contributed by atoms with Gasteiger partial charge in [-0.3, -0.25) is 5.32 Å². The summed E-state index contributed by atoms with van der Waals surface area (Å²) in [6.07, 6.45) is 4.77. The summed E-state index contributed by atoms with van der Waals surface area (Å²) < 4.78 is 18.7. The number of hydrogen-bond donors (Lipinski definition) is 2. The molecular formula is C19H22FNO2. The molecule has 0 fully saturated rings. The van der Waals surface area contributed by atoms with Gasteiger partial charge in [0, 0.05) is 12.0 Å². The number of fused-ring (bicyclic) bond motifs is 1. The van der Waals surface area contributed by atoms with E-state index in [9.17, 15) is 9.50 Å². The summed E-state index contributed by atoms with van der Waals surface area (Å²) in [7, 11) is 0. The molecule has 3 nitrogen and oxygen atoms in total. The van der Waals surface area contributed by atoms with Gasteiger partial charge in [0.05, 0.1) is 0 Å². The Labute approximate surface area is 136 Å². The molecule has 4 heteroatoms. The van der Waals surface area contributed by atoms with Gasteiger partial charge in [0.1, 0.15) is 17.3 Å². The second kappa shape index (κ2) is 7.47. The molecule has 0 aromatic heterocycles. The Hall–Kier alpha value is -2.07. The van der Waals surface area contributed by atoms with Crippen LogP contribution in [-0.2, 0) is 12.8 Å². The maximum Gasteiger partial charge on any atom is 0.150 e. The lowest BCUT2D eigenvalue weighted by molar-refractivity contribution is 0.136. The third-order valence-electron chi connectivity index (χ3n) is 4.21. The van der Waals surface area contributed by atoms with E-state index in [-0.39, 0.29) is 12.0 Å². The molecule has 2 N–H and O–H groups in total. The van der Waals surface area contributed by atoms with Gasteiger partial charge in [0.2, 0.25) is 0 Å². The zero-order chi connectivity index (χ0) is 16.1. The molecule has 0 aliphatic carbocycles. The lowest BCUT2D eigenvalue weighted by Crippen LogP contribution is -2.37. The number of hydrogen-bond acceptors (Lipinski definition) is 3. The Morgan fingerprint density at radius 1 is 1.13 bits per heavy atom. The number of aromatic hydroxyl groups is 1. The summed E-state index contributed by atoms with van der Waals surface area (Å²) in [5.41, 5.74) is 2.08. The van der Waals surface area contributed by atoms with Crippen molar-refractivity contribution in [1.29, 1.82) is 0 Å². The molecule has 3 rings (SSSR count). The average Bonchev–Trinajstić information content (AvgIpc) is 2.56. The zero-order valence-corrected chi connectivity index (χ0v) is 13.1. The standard InChI is InChI=1S/C19H22FNO2/c20-15-9-7-14(8-10-15)4-1-2-13-21-19-12-11-16-17(22)5-3-6-18(16)23-19/h3,5-10,19,21-22H,1-2,4,11-13H2. The van der Waals surface area contributed by atoms with Crippen molar-refractivity contribution in [3.8, 4) is 11.5 Å². The van der Waals surface area contributed by atoms with Crippen LogP contribution in [-0.4, -0.2) is 17.9 Å². The molecule has 1 unspecified atom stereocenters. The first-order chi connectivity index (χ1) is 11.2. The molecule has 1 atom stereocenters. The second-order valence-electron chi connectivity index (χ2n) is 5.94. The Kier molecular flexibility index (Phi) is 5.13. The summed E-state index contributed by atoms with van der Waals surface area (Å²) in [4.78, 5) is 0. The SMILES string of the molecule is Oc1cccc2c1CCC(NCCCCc1ccc(F)cc1)O2. The van der Waals surface area contributed by atoms with Crippen LogP contribution in [0.3, 0.4) is 0 Å². The Morgan fingerprint density at radius 2 is 1.96 bits per heavy atom. The predicted molar refractivity (Wildman–Crippen MR) is 88.2 cm³/mol. The maximum absolute atomic E-state index is 12.8. The normalized spacial score (nSPS) is 16.7. The van der Waals surface area contributed by atoms with Gasteiger partial charge < -0.3 is 9.84 Å². The third kappa shape index (κ3) is 4.23. The number of rotatable bonds is 6. The van der Waals surface area contributed by atoms with E-state index in [0.29, 0.717) is 5.75 Å². The van der Waals surface area contributed by atoms with E-state index >= 15 is 0 Å². The first-order valence-corrected chi connectivity index (χ1v) is 8.18. The van der Waals surface area contributed by atoms with Gasteiger partial charge in [-0.1, -0.05) is 18.2 Å². The first-order valence-electron chi connectivity index (χ1n) is 8.18. The fourth-order valence-corrected chi connectivity index (χ4v) is 2.92. The highest BCUT2D eigenvalue weighted by Crippen LogP contribution is 2.33. The average molecular weight is 315 g/mol. The third-order valence-corrected chi connectivity index (χ3v) is 4.21. The molecule has 1 aliphatic heterocycles. The highest BCUT2D eigenvalue weighted by atomic mass is 19.1. The van der Waals surface area contributed by atoms with Gasteiger partial charge in [-0.25, -0.2) is 4.39 Å². The van der Waals surface area contributed by atoms with Crippen LogP contribution in [0.4, 0.5) is 4.39 Å². The number of phenolic OH excluding ortho intramolecular Hbond substituents is 1. The number of phenols is 1. The van der Waals surface area contributed by atoms with Gasteiger partial charge in [0.15, 0.2) is 6.23 Å². The molecular weight excluding hydrogens is 293 g/mol. The lowest BCUT2D eigenvalue weighted by atomic mass is 10.0. The van der Waals surface area contributed by atoms with Gasteiger partial charge in [-0.05, 0) is 62.1 Å². The molecule has 0 amide bonds. The van der Waals surface area contributed by atoms with E-state index in [2.05, 4.69) is 5.32 Å². The van der Waals surface area contributed by atoms with Crippen LogP contribution in [0.25, 0.3) is 0 Å². The molecule has 23 heavy (non-hydrogen) atoms. The number of halogens is 1. The van der Waals surface area contributed by atoms with Crippen molar-refractivity contribution in [2.24, 2.45) is 0 Å². The van der Waals surface area contributed by atoms with Crippen LogP contribution >= 0.6 is 0 Å². The quantitative estimate of drug-likeness (QED) is 0.797. The lowest BCUT2D eigenvalue weighted by Gasteiger charge is -2.27. The van der Waals surface area contributed by atoms with Crippen LogP contribution in [0.2, 0.25) is 0 Å². The molecule has 0 saturated heterocycles. The van der Waals surface area contributed by atoms with Crippen molar-refractivity contribution >= 4 is 0 Å². The summed E-state index contributed by atoms with van der Waals surface area (Å²) in [6, 6.07) is 12.1. The van der Waals surface area contributed by atoms with Gasteiger partial charge in [0.25, 0.3) is 0 Å². The zero-order valence-electron chi connectivity index (χ0n) is 13.1. The van der Waals surface area contributed by atoms with E-state index in [4.69, 9.17) is 4.74 Å². The fourth-order valence-electron chi connectivity index (χ4n) is 2.92. The molecule has 2 aromatic rings. The Morgan fingerprint density at radius 3 is 2.78 bits per heavy atom. The first kappa shape index (κ1) is 15.8. The van der Waals surface area contributed by atoms with Crippen molar-refractivity contribution in [2.45, 2.75) is 38.3 Å². The minimum absolute atomic E-state index is 0.00937. The van der Waals surface area contributed by atoms with Crippen molar-refractivity contribution in [2.75, 3.05) is 6.54 Å². The van der Waals surface area contributed by atoms with E-state index in [1.807, 2.05) is 18.2 Å². The van der Waals surface area contributed by atoms with E-state index in [1.54, 1.807) is 12.1 Å². The van der Waals surface area contributed by atoms with Crippen molar-refractivity contribution < 1.29 is 14.2 Å². The minimum atomic E-state index is -0.184. The van der Waals surface area contributed by atoms with E-state index in [0.717, 1.165) is 50.0 Å². The van der Waals surface area contributed by atoms with Gasteiger partial charge in [-0.15, -0.1) is 0 Å². The minimum Gasteiger partial charge on any atom is -0.508 e. The molecule has 0 bridgehead atoms. The number of ether oxygens (including phenoxy) is 1. The van der Waals surface area contributed by atoms with Crippen LogP contribution in [0.5, 0.6) is 11.5 Å². The number of aryl methyl sites for hydroxylation is 1. The summed E-state index contributed by atoms with van der Waals surface area (Å²) in [5, 5.41) is 13.2. The summed E-state index contributed by atoms with van der Waals surface area (Å²) in [6.45, 7) is 0.889. The van der Waals surface area contributed by atoms with Crippen molar-refractivity contribution in [3.63, 3.8) is 0 Å². The molecule has 1 aliphatic rings. The van der Waals surface area contributed by atoms with Crippen LogP contribution in [0.15, 0.2) is 42.5 Å². The van der Waals surface area contributed by atoms with Gasteiger partial charge in [-0.2, -0.15) is 0 Å². The Bertz CT molecular complexity index is 642. The predicted octanol–water partition coefficient (Wildman–Crippen LogP) is 3.79. The molecule has 0 radical (unpaired) electrons. The molecule has 2 aromatic carbocycles. The molecule has 0 saturated carbocycles. The van der Waals surface area contributed by atoms with Crippen LogP contribution in [0, 0.1) is 5.82 Å². The second-order valence-corrected chi connectivity index (χ2v) is 5.94. The molecule has 0 spiro atoms. The van der Waals surface area contributed by atoms with Crippen molar-refractivity contribution in [3.05, 3.63) is 59.4 Å². The smallest absolute Gasteiger partial charge is 0.150 e. The largest absolute Gasteiger partial charge is 0.508 e. The maximum atomic E-state index is 12.8. The van der Waals surface area contributed by atoms with E-state index < -0.39 is 0 Å². The number of benzene rings is 2. The van der Waals surface area contributed by atoms with Gasteiger partial charge >= 0.3 is 0 Å². The van der Waals surface area contributed by atoms with Crippen molar-refractivity contribution in [1.82, 2.24) is 5.32 Å². The molecule has 1 heterocycles. The van der Waals surface area contributed by atoms with Crippen LogP contribution < -0.4 is 10.1 Å². The number of unbranched alkanes of at least 4 members (excludes halogenated alkanes) is 1. The topological polar surface area (TPSA) is 41.5 Å².